The maximum atomic E-state index is 12.3. The molecule has 0 aromatic heterocycles. The van der Waals surface area contributed by atoms with E-state index in [4.69, 9.17) is 9.84 Å². The van der Waals surface area contributed by atoms with Gasteiger partial charge in [-0.25, -0.2) is 0 Å². The molecule has 0 saturated heterocycles. The van der Waals surface area contributed by atoms with E-state index in [2.05, 4.69) is 0 Å². The Labute approximate surface area is 117 Å². The average molecular weight is 268 g/mol. The normalized spacial score (nSPS) is 12.2. The zero-order chi connectivity index (χ0) is 13.9. The summed E-state index contributed by atoms with van der Waals surface area (Å²) in [4.78, 5) is 12.3. The van der Waals surface area contributed by atoms with Crippen molar-refractivity contribution in [2.75, 3.05) is 13.2 Å². The minimum Gasteiger partial charge on any atom is -0.494 e. The van der Waals surface area contributed by atoms with Gasteiger partial charge in [0.2, 0.25) is 0 Å². The summed E-state index contributed by atoms with van der Waals surface area (Å²) in [6.07, 6.45) is 1.54. The largest absolute Gasteiger partial charge is 0.494 e. The predicted molar refractivity (Wildman–Crippen MR) is 77.1 cm³/mol. The van der Waals surface area contributed by atoms with Crippen LogP contribution in [0, 0.1) is 0 Å². The average Bonchev–Trinajstić information content (AvgIpc) is 2.77. The highest BCUT2D eigenvalue weighted by Crippen LogP contribution is 2.37. The molecule has 0 saturated carbocycles. The molecule has 0 amide bonds. The van der Waals surface area contributed by atoms with Gasteiger partial charge in [0, 0.05) is 17.7 Å². The number of hydrogen-bond donors (Lipinski definition) is 1. The first-order valence-corrected chi connectivity index (χ1v) is 6.83. The van der Waals surface area contributed by atoms with E-state index in [0.717, 1.165) is 29.5 Å². The maximum Gasteiger partial charge on any atom is 0.194 e. The molecule has 102 valence electrons. The first-order valence-electron chi connectivity index (χ1n) is 6.83. The Morgan fingerprint density at radius 2 is 1.65 bits per heavy atom. The molecule has 1 aliphatic rings. The van der Waals surface area contributed by atoms with E-state index in [9.17, 15) is 4.79 Å². The van der Waals surface area contributed by atoms with Gasteiger partial charge < -0.3 is 9.84 Å². The quantitative estimate of drug-likeness (QED) is 0.723. The minimum absolute atomic E-state index is 0.0661. The fourth-order valence-corrected chi connectivity index (χ4v) is 2.50. The van der Waals surface area contributed by atoms with Gasteiger partial charge in [-0.15, -0.1) is 0 Å². The molecule has 0 aliphatic heterocycles. The van der Waals surface area contributed by atoms with Gasteiger partial charge in [-0.05, 0) is 42.2 Å². The number of carbonyl (C=O) groups is 1. The summed E-state index contributed by atoms with van der Waals surface area (Å²) in [7, 11) is 0. The lowest BCUT2D eigenvalue weighted by Crippen LogP contribution is -2.00. The Morgan fingerprint density at radius 1 is 0.900 bits per heavy atom. The molecule has 0 atom stereocenters. The van der Waals surface area contributed by atoms with Crippen molar-refractivity contribution in [1.82, 2.24) is 0 Å². The molecule has 0 heterocycles. The molecule has 2 aromatic rings. The molecule has 3 nitrogen and oxygen atoms in total. The van der Waals surface area contributed by atoms with Gasteiger partial charge in [-0.1, -0.05) is 24.3 Å². The predicted octanol–water partition coefficient (Wildman–Crippen LogP) is 3.05. The van der Waals surface area contributed by atoms with Crippen molar-refractivity contribution in [2.45, 2.75) is 12.8 Å². The molecule has 3 heteroatoms. The SMILES string of the molecule is O=C1c2ccccc2-c2ccc(OCCCCO)cc21. The molecule has 2 aromatic carbocycles. The molecule has 1 N–H and O–H groups in total. The number of unbranched alkanes of at least 4 members (excludes halogenated alkanes) is 1. The van der Waals surface area contributed by atoms with Gasteiger partial charge in [0.1, 0.15) is 5.75 Å². The van der Waals surface area contributed by atoms with Gasteiger partial charge in [-0.2, -0.15) is 0 Å². The smallest absolute Gasteiger partial charge is 0.194 e. The van der Waals surface area contributed by atoms with Gasteiger partial charge in [-0.3, -0.25) is 4.79 Å². The third-order valence-electron chi connectivity index (χ3n) is 3.52. The fourth-order valence-electron chi connectivity index (χ4n) is 2.50. The maximum absolute atomic E-state index is 12.3. The molecule has 1 aliphatic carbocycles. The van der Waals surface area contributed by atoms with E-state index in [1.165, 1.54) is 0 Å². The number of aliphatic hydroxyl groups excluding tert-OH is 1. The summed E-state index contributed by atoms with van der Waals surface area (Å²) in [5.74, 6) is 0.777. The van der Waals surface area contributed by atoms with Crippen molar-refractivity contribution in [3.05, 3.63) is 53.6 Å². The lowest BCUT2D eigenvalue weighted by Gasteiger charge is -2.07. The first-order chi connectivity index (χ1) is 9.81. The number of fused-ring (bicyclic) bond motifs is 3. The highest BCUT2D eigenvalue weighted by atomic mass is 16.5. The Hall–Kier alpha value is -2.13. The number of rotatable bonds is 5. The minimum atomic E-state index is 0.0661. The Bertz CT molecular complexity index is 646. The molecule has 20 heavy (non-hydrogen) atoms. The number of aliphatic hydroxyl groups is 1. The molecule has 0 radical (unpaired) electrons. The van der Waals surface area contributed by atoms with Crippen molar-refractivity contribution >= 4 is 5.78 Å². The first kappa shape index (κ1) is 12.9. The van der Waals surface area contributed by atoms with Gasteiger partial charge in [0.15, 0.2) is 5.78 Å². The summed E-state index contributed by atoms with van der Waals surface area (Å²) < 4.78 is 5.62. The van der Waals surface area contributed by atoms with Crippen LogP contribution in [0.2, 0.25) is 0 Å². The second kappa shape index (κ2) is 5.47. The lowest BCUT2D eigenvalue weighted by atomic mass is 10.1. The standard InChI is InChI=1S/C17H16O3/c18-9-3-4-10-20-12-7-8-14-13-5-1-2-6-15(13)17(19)16(14)11-12/h1-2,5-8,11,18H,3-4,9-10H2. The van der Waals surface area contributed by atoms with E-state index in [-0.39, 0.29) is 12.4 Å². The van der Waals surface area contributed by atoms with Crippen LogP contribution in [0.15, 0.2) is 42.5 Å². The van der Waals surface area contributed by atoms with Crippen LogP contribution < -0.4 is 4.74 Å². The van der Waals surface area contributed by atoms with Crippen molar-refractivity contribution in [1.29, 1.82) is 0 Å². The Kier molecular flexibility index (Phi) is 3.52. The van der Waals surface area contributed by atoms with Crippen LogP contribution in [-0.2, 0) is 0 Å². The van der Waals surface area contributed by atoms with Crippen molar-refractivity contribution in [3.8, 4) is 16.9 Å². The third kappa shape index (κ3) is 2.21. The van der Waals surface area contributed by atoms with E-state index in [1.54, 1.807) is 0 Å². The zero-order valence-electron chi connectivity index (χ0n) is 11.1. The van der Waals surface area contributed by atoms with E-state index in [0.29, 0.717) is 17.9 Å². The van der Waals surface area contributed by atoms with Crippen LogP contribution in [-0.4, -0.2) is 24.1 Å². The summed E-state index contributed by atoms with van der Waals surface area (Å²) >= 11 is 0. The molecular formula is C17H16O3. The Balaban J connectivity index is 1.83. The van der Waals surface area contributed by atoms with E-state index in [1.807, 2.05) is 42.5 Å². The molecule has 3 rings (SSSR count). The zero-order valence-corrected chi connectivity index (χ0v) is 11.1. The second-order valence-corrected chi connectivity index (χ2v) is 4.86. The van der Waals surface area contributed by atoms with Gasteiger partial charge in [0.05, 0.1) is 6.61 Å². The number of hydrogen-bond acceptors (Lipinski definition) is 3. The number of ether oxygens (including phenoxy) is 1. The summed E-state index contributed by atoms with van der Waals surface area (Å²) in [5, 5.41) is 8.72. The molecule has 0 bridgehead atoms. The third-order valence-corrected chi connectivity index (χ3v) is 3.52. The Morgan fingerprint density at radius 3 is 2.45 bits per heavy atom. The van der Waals surface area contributed by atoms with Crippen LogP contribution in [0.4, 0.5) is 0 Å². The lowest BCUT2D eigenvalue weighted by molar-refractivity contribution is 0.104. The monoisotopic (exact) mass is 268 g/mol. The van der Waals surface area contributed by atoms with Crippen molar-refractivity contribution in [2.24, 2.45) is 0 Å². The molecule has 0 unspecified atom stereocenters. The second-order valence-electron chi connectivity index (χ2n) is 4.86. The van der Waals surface area contributed by atoms with Gasteiger partial charge in [0.25, 0.3) is 0 Å². The van der Waals surface area contributed by atoms with Crippen LogP contribution in [0.3, 0.4) is 0 Å². The summed E-state index contributed by atoms with van der Waals surface area (Å²) in [5.41, 5.74) is 3.46. The van der Waals surface area contributed by atoms with Crippen molar-refractivity contribution < 1.29 is 14.6 Å². The fraction of sp³-hybridized carbons (Fsp3) is 0.235. The highest BCUT2D eigenvalue weighted by Gasteiger charge is 2.26. The molecular weight excluding hydrogens is 252 g/mol. The summed E-state index contributed by atoms with van der Waals surface area (Å²) in [6.45, 7) is 0.738. The molecule has 0 spiro atoms. The molecule has 0 fully saturated rings. The van der Waals surface area contributed by atoms with Crippen molar-refractivity contribution in [3.63, 3.8) is 0 Å². The number of carbonyl (C=O) groups excluding carboxylic acids is 1. The van der Waals surface area contributed by atoms with E-state index >= 15 is 0 Å². The van der Waals surface area contributed by atoms with E-state index < -0.39 is 0 Å². The van der Waals surface area contributed by atoms with Crippen LogP contribution in [0.25, 0.3) is 11.1 Å². The van der Waals surface area contributed by atoms with Crippen LogP contribution in [0.5, 0.6) is 5.75 Å². The summed E-state index contributed by atoms with van der Waals surface area (Å²) in [6, 6.07) is 13.3. The van der Waals surface area contributed by atoms with Crippen LogP contribution in [0.1, 0.15) is 28.8 Å². The van der Waals surface area contributed by atoms with Gasteiger partial charge >= 0.3 is 0 Å². The number of benzene rings is 2. The highest BCUT2D eigenvalue weighted by molar-refractivity contribution is 6.21. The van der Waals surface area contributed by atoms with Crippen LogP contribution >= 0.6 is 0 Å². The number of ketones is 1. The topological polar surface area (TPSA) is 46.5 Å².